The molecule has 1 fully saturated rings. The molecule has 0 atom stereocenters. The number of hydrogen-bond donors (Lipinski definition) is 2. The van der Waals surface area contributed by atoms with Gasteiger partial charge < -0.3 is 11.1 Å². The van der Waals surface area contributed by atoms with Crippen LogP contribution < -0.4 is 11.1 Å². The van der Waals surface area contributed by atoms with Crippen molar-refractivity contribution >= 4 is 5.91 Å². The van der Waals surface area contributed by atoms with E-state index >= 15 is 0 Å². The van der Waals surface area contributed by atoms with E-state index < -0.39 is 5.54 Å². The molecule has 1 aromatic rings. The minimum atomic E-state index is -0.577. The monoisotopic (exact) mass is 232 g/mol. The average molecular weight is 232 g/mol. The molecule has 3 heteroatoms. The SMILES string of the molecule is Cc1cccc(CCNC(=O)C2(N)CCC2)c1. The van der Waals surface area contributed by atoms with Gasteiger partial charge in [0.05, 0.1) is 5.54 Å². The van der Waals surface area contributed by atoms with E-state index in [2.05, 4.69) is 30.4 Å². The third kappa shape index (κ3) is 2.86. The highest BCUT2D eigenvalue weighted by Crippen LogP contribution is 2.28. The fourth-order valence-corrected chi connectivity index (χ4v) is 2.15. The van der Waals surface area contributed by atoms with Gasteiger partial charge in [0.25, 0.3) is 0 Å². The molecule has 1 amide bonds. The number of nitrogens with one attached hydrogen (secondary N) is 1. The number of carbonyl (C=O) groups excluding carboxylic acids is 1. The molecule has 1 saturated carbocycles. The maximum atomic E-state index is 11.8. The lowest BCUT2D eigenvalue weighted by Crippen LogP contribution is -2.58. The number of rotatable bonds is 4. The normalized spacial score (nSPS) is 17.3. The summed E-state index contributed by atoms with van der Waals surface area (Å²) in [5, 5.41) is 2.93. The van der Waals surface area contributed by atoms with Crippen LogP contribution in [0.4, 0.5) is 0 Å². The molecule has 0 heterocycles. The molecule has 1 aromatic carbocycles. The van der Waals surface area contributed by atoms with Crippen LogP contribution in [0.1, 0.15) is 30.4 Å². The molecular formula is C14H20N2O. The summed E-state index contributed by atoms with van der Waals surface area (Å²) < 4.78 is 0. The van der Waals surface area contributed by atoms with E-state index in [0.29, 0.717) is 6.54 Å². The Morgan fingerprint density at radius 2 is 2.24 bits per heavy atom. The Bertz CT molecular complexity index is 410. The summed E-state index contributed by atoms with van der Waals surface area (Å²) in [7, 11) is 0. The zero-order chi connectivity index (χ0) is 12.3. The van der Waals surface area contributed by atoms with Gasteiger partial charge in [-0.05, 0) is 38.2 Å². The van der Waals surface area contributed by atoms with Crippen molar-refractivity contribution in [3.63, 3.8) is 0 Å². The molecule has 0 spiro atoms. The molecule has 1 aliphatic rings. The van der Waals surface area contributed by atoms with E-state index in [1.165, 1.54) is 11.1 Å². The van der Waals surface area contributed by atoms with Crippen LogP contribution in [0.25, 0.3) is 0 Å². The number of aryl methyl sites for hydroxylation is 1. The highest BCUT2D eigenvalue weighted by atomic mass is 16.2. The van der Waals surface area contributed by atoms with Crippen LogP contribution in [0.15, 0.2) is 24.3 Å². The quantitative estimate of drug-likeness (QED) is 0.827. The van der Waals surface area contributed by atoms with Gasteiger partial charge >= 0.3 is 0 Å². The smallest absolute Gasteiger partial charge is 0.240 e. The first-order valence-corrected chi connectivity index (χ1v) is 6.23. The summed E-state index contributed by atoms with van der Waals surface area (Å²) >= 11 is 0. The topological polar surface area (TPSA) is 55.1 Å². The van der Waals surface area contributed by atoms with Crippen molar-refractivity contribution in [3.8, 4) is 0 Å². The second-order valence-corrected chi connectivity index (χ2v) is 5.00. The predicted octanol–water partition coefficient (Wildman–Crippen LogP) is 1.54. The molecule has 0 bridgehead atoms. The highest BCUT2D eigenvalue weighted by Gasteiger charge is 2.39. The Morgan fingerprint density at radius 3 is 2.82 bits per heavy atom. The number of hydrogen-bond acceptors (Lipinski definition) is 2. The molecule has 0 saturated heterocycles. The molecule has 3 N–H and O–H groups in total. The maximum Gasteiger partial charge on any atom is 0.240 e. The predicted molar refractivity (Wildman–Crippen MR) is 68.7 cm³/mol. The summed E-state index contributed by atoms with van der Waals surface area (Å²) in [6.07, 6.45) is 3.58. The Kier molecular flexibility index (Phi) is 3.48. The summed E-state index contributed by atoms with van der Waals surface area (Å²) in [4.78, 5) is 11.8. The second-order valence-electron chi connectivity index (χ2n) is 5.00. The third-order valence-electron chi connectivity index (χ3n) is 3.48. The van der Waals surface area contributed by atoms with Crippen LogP contribution in [0.5, 0.6) is 0 Å². The Morgan fingerprint density at radius 1 is 1.47 bits per heavy atom. The summed E-state index contributed by atoms with van der Waals surface area (Å²) in [6.45, 7) is 2.74. The molecule has 0 unspecified atom stereocenters. The average Bonchev–Trinajstić information content (AvgIpc) is 2.26. The van der Waals surface area contributed by atoms with E-state index in [4.69, 9.17) is 5.73 Å². The lowest BCUT2D eigenvalue weighted by atomic mass is 9.77. The van der Waals surface area contributed by atoms with Crippen molar-refractivity contribution < 1.29 is 4.79 Å². The number of carbonyl (C=O) groups is 1. The first-order valence-electron chi connectivity index (χ1n) is 6.23. The number of benzene rings is 1. The van der Waals surface area contributed by atoms with Gasteiger partial charge in [-0.3, -0.25) is 4.79 Å². The fourth-order valence-electron chi connectivity index (χ4n) is 2.15. The molecule has 0 radical (unpaired) electrons. The first kappa shape index (κ1) is 12.1. The van der Waals surface area contributed by atoms with Crippen LogP contribution in [0.2, 0.25) is 0 Å². The van der Waals surface area contributed by atoms with Gasteiger partial charge in [0.1, 0.15) is 0 Å². The molecule has 0 aromatic heterocycles. The van der Waals surface area contributed by atoms with E-state index in [0.717, 1.165) is 25.7 Å². The van der Waals surface area contributed by atoms with Crippen LogP contribution in [-0.4, -0.2) is 18.0 Å². The van der Waals surface area contributed by atoms with Gasteiger partial charge in [-0.15, -0.1) is 0 Å². The van der Waals surface area contributed by atoms with Crippen LogP contribution in [-0.2, 0) is 11.2 Å². The number of amides is 1. The van der Waals surface area contributed by atoms with E-state index in [-0.39, 0.29) is 5.91 Å². The molecule has 1 aliphatic carbocycles. The van der Waals surface area contributed by atoms with Crippen molar-refractivity contribution in [3.05, 3.63) is 35.4 Å². The largest absolute Gasteiger partial charge is 0.354 e. The maximum absolute atomic E-state index is 11.8. The first-order chi connectivity index (χ1) is 8.10. The third-order valence-corrected chi connectivity index (χ3v) is 3.48. The molecule has 92 valence electrons. The minimum Gasteiger partial charge on any atom is -0.354 e. The molecule has 3 nitrogen and oxygen atoms in total. The Labute approximate surface area is 102 Å². The van der Waals surface area contributed by atoms with Crippen molar-refractivity contribution in [2.75, 3.05) is 6.54 Å². The Balaban J connectivity index is 1.78. The lowest BCUT2D eigenvalue weighted by Gasteiger charge is -2.36. The zero-order valence-corrected chi connectivity index (χ0v) is 10.3. The van der Waals surface area contributed by atoms with Gasteiger partial charge in [0, 0.05) is 6.54 Å². The van der Waals surface area contributed by atoms with Crippen LogP contribution in [0.3, 0.4) is 0 Å². The molecule has 0 aliphatic heterocycles. The highest BCUT2D eigenvalue weighted by molar-refractivity contribution is 5.86. The summed E-state index contributed by atoms with van der Waals surface area (Å²) in [5.41, 5.74) is 7.87. The second kappa shape index (κ2) is 4.88. The summed E-state index contributed by atoms with van der Waals surface area (Å²) in [6, 6.07) is 8.35. The Hall–Kier alpha value is -1.35. The van der Waals surface area contributed by atoms with E-state index in [1.54, 1.807) is 0 Å². The molecular weight excluding hydrogens is 212 g/mol. The standard InChI is InChI=1S/C14H20N2O/c1-11-4-2-5-12(10-11)6-9-16-13(17)14(15)7-3-8-14/h2,4-5,10H,3,6-9,15H2,1H3,(H,16,17). The van der Waals surface area contributed by atoms with Crippen molar-refractivity contribution in [2.24, 2.45) is 5.73 Å². The fraction of sp³-hybridized carbons (Fsp3) is 0.500. The van der Waals surface area contributed by atoms with Gasteiger partial charge in [0.2, 0.25) is 5.91 Å². The van der Waals surface area contributed by atoms with Gasteiger partial charge in [-0.25, -0.2) is 0 Å². The van der Waals surface area contributed by atoms with Crippen LogP contribution >= 0.6 is 0 Å². The van der Waals surface area contributed by atoms with Gasteiger partial charge in [-0.2, -0.15) is 0 Å². The summed E-state index contributed by atoms with van der Waals surface area (Å²) in [5.74, 6) is 0.0106. The van der Waals surface area contributed by atoms with Gasteiger partial charge in [-0.1, -0.05) is 29.8 Å². The van der Waals surface area contributed by atoms with E-state index in [9.17, 15) is 4.79 Å². The van der Waals surface area contributed by atoms with Gasteiger partial charge in [0.15, 0.2) is 0 Å². The van der Waals surface area contributed by atoms with Crippen LogP contribution in [0, 0.1) is 6.92 Å². The molecule has 17 heavy (non-hydrogen) atoms. The lowest BCUT2D eigenvalue weighted by molar-refractivity contribution is -0.129. The minimum absolute atomic E-state index is 0.0106. The van der Waals surface area contributed by atoms with Crippen molar-refractivity contribution in [1.82, 2.24) is 5.32 Å². The molecule has 2 rings (SSSR count). The van der Waals surface area contributed by atoms with Crippen molar-refractivity contribution in [2.45, 2.75) is 38.1 Å². The van der Waals surface area contributed by atoms with Crippen molar-refractivity contribution in [1.29, 1.82) is 0 Å². The number of nitrogens with two attached hydrogens (primary N) is 1. The zero-order valence-electron chi connectivity index (χ0n) is 10.3. The van der Waals surface area contributed by atoms with E-state index in [1.807, 2.05) is 6.07 Å².